The normalized spacial score (nSPS) is 11.6. The first-order valence-electron chi connectivity index (χ1n) is 16.9. The molecule has 0 saturated heterocycles. The quantitative estimate of drug-likeness (QED) is 0.181. The van der Waals surface area contributed by atoms with E-state index in [2.05, 4.69) is 176 Å². The third-order valence-electron chi connectivity index (χ3n) is 9.90. The second-order valence-corrected chi connectivity index (χ2v) is 12.8. The molecule has 232 valence electrons. The van der Waals surface area contributed by atoms with Crippen LogP contribution in [0.4, 0.5) is 0 Å². The van der Waals surface area contributed by atoms with E-state index in [9.17, 15) is 0 Å². The number of nitrogens with zero attached hydrogens (tertiary/aromatic N) is 3. The van der Waals surface area contributed by atoms with Crippen molar-refractivity contribution in [1.82, 2.24) is 15.0 Å². The maximum atomic E-state index is 5.29. The second-order valence-electron chi connectivity index (χ2n) is 12.8. The van der Waals surface area contributed by atoms with Gasteiger partial charge < -0.3 is 0 Å². The van der Waals surface area contributed by atoms with Gasteiger partial charge in [0.2, 0.25) is 0 Å². The first kappa shape index (κ1) is 28.3. The zero-order chi connectivity index (χ0) is 33.0. The van der Waals surface area contributed by atoms with Crippen LogP contribution >= 0.6 is 0 Å². The zero-order valence-corrected chi connectivity index (χ0v) is 27.1. The number of fused-ring (bicyclic) bond motifs is 7. The molecular weight excluding hydrogens is 607 g/mol. The predicted octanol–water partition coefficient (Wildman–Crippen LogP) is 12.3. The monoisotopic (exact) mass is 635 g/mol. The molecule has 3 nitrogen and oxygen atoms in total. The Morgan fingerprint density at radius 2 is 0.640 bits per heavy atom. The molecule has 3 heteroatoms. The van der Waals surface area contributed by atoms with Gasteiger partial charge in [-0.3, -0.25) is 0 Å². The lowest BCUT2D eigenvalue weighted by Crippen LogP contribution is -2.01. The fourth-order valence-corrected chi connectivity index (χ4v) is 7.50. The van der Waals surface area contributed by atoms with E-state index in [0.717, 1.165) is 43.8 Å². The van der Waals surface area contributed by atoms with Gasteiger partial charge in [0.15, 0.2) is 17.5 Å². The van der Waals surface area contributed by atoms with E-state index < -0.39 is 0 Å². The van der Waals surface area contributed by atoms with Crippen LogP contribution < -0.4 is 0 Å². The van der Waals surface area contributed by atoms with Gasteiger partial charge in [-0.05, 0) is 77.1 Å². The molecule has 0 bridgehead atoms. The first-order valence-corrected chi connectivity index (χ1v) is 16.9. The minimum atomic E-state index is 0.643. The summed E-state index contributed by atoms with van der Waals surface area (Å²) in [6, 6.07) is 62.2. The van der Waals surface area contributed by atoms with Gasteiger partial charge in [-0.1, -0.05) is 164 Å². The van der Waals surface area contributed by atoms with Crippen molar-refractivity contribution in [2.24, 2.45) is 0 Å². The first-order chi connectivity index (χ1) is 24.8. The summed E-state index contributed by atoms with van der Waals surface area (Å²) >= 11 is 0. The van der Waals surface area contributed by atoms with Crippen molar-refractivity contribution >= 4 is 53.9 Å². The van der Waals surface area contributed by atoms with Gasteiger partial charge in [0, 0.05) is 16.7 Å². The maximum Gasteiger partial charge on any atom is 0.164 e. The molecular formula is C47H29N3. The van der Waals surface area contributed by atoms with Gasteiger partial charge in [-0.15, -0.1) is 0 Å². The van der Waals surface area contributed by atoms with E-state index in [4.69, 9.17) is 15.0 Å². The van der Waals surface area contributed by atoms with Gasteiger partial charge in [0.05, 0.1) is 0 Å². The number of hydrogen-bond acceptors (Lipinski definition) is 3. The smallest absolute Gasteiger partial charge is 0.164 e. The van der Waals surface area contributed by atoms with E-state index in [0.29, 0.717) is 17.5 Å². The molecule has 0 atom stereocenters. The summed E-state index contributed by atoms with van der Waals surface area (Å²) in [5.41, 5.74) is 5.27. The van der Waals surface area contributed by atoms with E-state index in [-0.39, 0.29) is 0 Å². The Hall–Kier alpha value is -6.71. The number of benzene rings is 9. The fourth-order valence-electron chi connectivity index (χ4n) is 7.50. The lowest BCUT2D eigenvalue weighted by molar-refractivity contribution is 1.08. The molecule has 10 rings (SSSR count). The molecule has 50 heavy (non-hydrogen) atoms. The average molecular weight is 636 g/mol. The number of hydrogen-bond donors (Lipinski definition) is 0. The van der Waals surface area contributed by atoms with Gasteiger partial charge >= 0.3 is 0 Å². The number of rotatable bonds is 4. The molecule has 0 radical (unpaired) electrons. The summed E-state index contributed by atoms with van der Waals surface area (Å²) in [5.74, 6) is 1.95. The molecule has 0 saturated carbocycles. The molecule has 9 aromatic carbocycles. The lowest BCUT2D eigenvalue weighted by Gasteiger charge is -2.14. The summed E-state index contributed by atoms with van der Waals surface area (Å²) in [6.07, 6.45) is 0. The van der Waals surface area contributed by atoms with Crippen LogP contribution in [0.15, 0.2) is 176 Å². The Morgan fingerprint density at radius 3 is 1.20 bits per heavy atom. The fraction of sp³-hybridized carbons (Fsp3) is 0. The van der Waals surface area contributed by atoms with Crippen molar-refractivity contribution in [1.29, 1.82) is 0 Å². The van der Waals surface area contributed by atoms with Crippen LogP contribution in [0.2, 0.25) is 0 Å². The highest BCUT2D eigenvalue weighted by Gasteiger charge is 2.18. The Labute approximate surface area is 289 Å². The summed E-state index contributed by atoms with van der Waals surface area (Å²) in [6.45, 7) is 0. The lowest BCUT2D eigenvalue weighted by atomic mass is 9.96. The molecule has 1 aromatic heterocycles. The average Bonchev–Trinajstić information content (AvgIpc) is 3.20. The molecule has 0 unspecified atom stereocenters. The van der Waals surface area contributed by atoms with Crippen LogP contribution in [0.25, 0.3) is 99.2 Å². The van der Waals surface area contributed by atoms with Crippen molar-refractivity contribution in [3.05, 3.63) is 176 Å². The Morgan fingerprint density at radius 1 is 0.240 bits per heavy atom. The summed E-state index contributed by atoms with van der Waals surface area (Å²) < 4.78 is 0. The van der Waals surface area contributed by atoms with Crippen molar-refractivity contribution in [3.63, 3.8) is 0 Å². The van der Waals surface area contributed by atoms with E-state index in [1.165, 1.54) is 37.9 Å². The van der Waals surface area contributed by atoms with Gasteiger partial charge in [0.1, 0.15) is 0 Å². The van der Waals surface area contributed by atoms with Gasteiger partial charge in [-0.2, -0.15) is 0 Å². The highest BCUT2D eigenvalue weighted by atomic mass is 15.0. The SMILES string of the molecule is c1ccc2c(-c3ccc(-c4nc(-c5cc6ccccc6c6ccccc56)nc(-c5cc6ccccc6c6ccccc56)n4)cc3)cccc2c1. The van der Waals surface area contributed by atoms with Crippen LogP contribution in [-0.2, 0) is 0 Å². The minimum absolute atomic E-state index is 0.643. The topological polar surface area (TPSA) is 38.7 Å². The third kappa shape index (κ3) is 4.63. The van der Waals surface area contributed by atoms with E-state index in [1.807, 2.05) is 0 Å². The van der Waals surface area contributed by atoms with Crippen LogP contribution in [0.5, 0.6) is 0 Å². The molecule has 0 N–H and O–H groups in total. The standard InChI is InChI=1S/C47H29N3/c1-4-16-35-30(12-1)15-11-23-36(35)31-24-26-32(27-25-31)45-48-46(43-28-33-13-2-5-17-37(33)39-19-7-9-21-41(39)43)50-47(49-45)44-29-34-14-3-6-18-38(34)40-20-8-10-22-42(40)44/h1-29H. The maximum absolute atomic E-state index is 5.29. The Balaban J connectivity index is 1.22. The Bertz CT molecular complexity index is 2780. The zero-order valence-electron chi connectivity index (χ0n) is 27.1. The van der Waals surface area contributed by atoms with Crippen molar-refractivity contribution in [3.8, 4) is 45.3 Å². The predicted molar refractivity (Wildman–Crippen MR) is 209 cm³/mol. The van der Waals surface area contributed by atoms with Crippen LogP contribution in [0, 0.1) is 0 Å². The molecule has 0 spiro atoms. The molecule has 1 heterocycles. The van der Waals surface area contributed by atoms with Crippen LogP contribution in [-0.4, -0.2) is 15.0 Å². The highest BCUT2D eigenvalue weighted by molar-refractivity contribution is 6.14. The minimum Gasteiger partial charge on any atom is -0.208 e. The highest BCUT2D eigenvalue weighted by Crippen LogP contribution is 2.38. The van der Waals surface area contributed by atoms with Crippen molar-refractivity contribution in [2.45, 2.75) is 0 Å². The van der Waals surface area contributed by atoms with Crippen molar-refractivity contribution in [2.75, 3.05) is 0 Å². The summed E-state index contributed by atoms with van der Waals surface area (Å²) in [5, 5.41) is 11.8. The van der Waals surface area contributed by atoms with Gasteiger partial charge in [0.25, 0.3) is 0 Å². The molecule has 0 aliphatic rings. The summed E-state index contributed by atoms with van der Waals surface area (Å²) in [7, 11) is 0. The molecule has 0 amide bonds. The molecule has 0 aliphatic carbocycles. The molecule has 10 aromatic rings. The third-order valence-corrected chi connectivity index (χ3v) is 9.90. The summed E-state index contributed by atoms with van der Waals surface area (Å²) in [4.78, 5) is 15.7. The van der Waals surface area contributed by atoms with Crippen LogP contribution in [0.3, 0.4) is 0 Å². The van der Waals surface area contributed by atoms with E-state index in [1.54, 1.807) is 0 Å². The Kier molecular flexibility index (Phi) is 6.49. The molecule has 0 aliphatic heterocycles. The number of aromatic nitrogens is 3. The van der Waals surface area contributed by atoms with Gasteiger partial charge in [-0.25, -0.2) is 15.0 Å². The largest absolute Gasteiger partial charge is 0.208 e. The van der Waals surface area contributed by atoms with Crippen molar-refractivity contribution < 1.29 is 0 Å². The van der Waals surface area contributed by atoms with Crippen LogP contribution in [0.1, 0.15) is 0 Å². The molecule has 0 fully saturated rings. The van der Waals surface area contributed by atoms with E-state index >= 15 is 0 Å². The second kappa shape index (κ2) is 11.5.